The van der Waals surface area contributed by atoms with Crippen LogP contribution in [0.3, 0.4) is 0 Å². The SMILES string of the molecule is CNCc1ccc(CN(C)C2CCOC2C)c(Br)c1. The summed E-state index contributed by atoms with van der Waals surface area (Å²) in [5, 5.41) is 3.17. The fourth-order valence-corrected chi connectivity index (χ4v) is 3.27. The Bertz CT molecular complexity index is 425. The van der Waals surface area contributed by atoms with Gasteiger partial charge in [0.1, 0.15) is 0 Å². The lowest BCUT2D eigenvalue weighted by atomic mass is 10.1. The zero-order chi connectivity index (χ0) is 13.8. The number of rotatable bonds is 5. The number of halogens is 1. The fraction of sp³-hybridized carbons (Fsp3) is 0.600. The van der Waals surface area contributed by atoms with Crippen molar-refractivity contribution in [2.45, 2.75) is 38.6 Å². The second-order valence-corrected chi connectivity index (χ2v) is 6.16. The summed E-state index contributed by atoms with van der Waals surface area (Å²) in [6.45, 7) is 4.92. The van der Waals surface area contributed by atoms with E-state index in [1.807, 2.05) is 7.05 Å². The second kappa shape index (κ2) is 6.84. The molecule has 0 aliphatic carbocycles. The maximum atomic E-state index is 5.64. The van der Waals surface area contributed by atoms with E-state index in [0.717, 1.165) is 26.1 Å². The highest BCUT2D eigenvalue weighted by molar-refractivity contribution is 9.10. The van der Waals surface area contributed by atoms with E-state index in [4.69, 9.17) is 4.74 Å². The molecule has 1 heterocycles. The minimum atomic E-state index is 0.340. The molecule has 1 saturated heterocycles. The standard InChI is InChI=1S/C15H23BrN2O/c1-11-15(6-7-19-11)18(3)10-13-5-4-12(9-17-2)8-14(13)16/h4-5,8,11,15,17H,6-7,9-10H2,1-3H3. The monoisotopic (exact) mass is 326 g/mol. The summed E-state index contributed by atoms with van der Waals surface area (Å²) in [6, 6.07) is 7.14. The van der Waals surface area contributed by atoms with Gasteiger partial charge < -0.3 is 10.1 Å². The van der Waals surface area contributed by atoms with E-state index in [2.05, 4.69) is 58.3 Å². The van der Waals surface area contributed by atoms with E-state index >= 15 is 0 Å². The van der Waals surface area contributed by atoms with E-state index in [1.54, 1.807) is 0 Å². The highest BCUT2D eigenvalue weighted by Crippen LogP contribution is 2.24. The molecule has 0 aromatic heterocycles. The van der Waals surface area contributed by atoms with E-state index in [1.165, 1.54) is 15.6 Å². The van der Waals surface area contributed by atoms with Crippen LogP contribution in [0.4, 0.5) is 0 Å². The Morgan fingerprint density at radius 1 is 1.47 bits per heavy atom. The molecule has 106 valence electrons. The number of nitrogens with zero attached hydrogens (tertiary/aromatic N) is 1. The molecule has 1 N–H and O–H groups in total. The number of likely N-dealkylation sites (N-methyl/N-ethyl adjacent to an activating group) is 1. The van der Waals surface area contributed by atoms with Crippen LogP contribution < -0.4 is 5.32 Å². The molecule has 1 aromatic rings. The van der Waals surface area contributed by atoms with E-state index in [-0.39, 0.29) is 0 Å². The van der Waals surface area contributed by atoms with Crippen molar-refractivity contribution in [1.82, 2.24) is 10.2 Å². The number of hydrogen-bond donors (Lipinski definition) is 1. The van der Waals surface area contributed by atoms with Crippen molar-refractivity contribution in [3.05, 3.63) is 33.8 Å². The zero-order valence-electron chi connectivity index (χ0n) is 11.9. The Balaban J connectivity index is 2.02. The highest BCUT2D eigenvalue weighted by atomic mass is 79.9. The van der Waals surface area contributed by atoms with Crippen LogP contribution in [-0.4, -0.2) is 37.7 Å². The normalized spacial score (nSPS) is 23.2. The van der Waals surface area contributed by atoms with E-state index in [0.29, 0.717) is 12.1 Å². The molecule has 4 heteroatoms. The maximum absolute atomic E-state index is 5.64. The Hall–Kier alpha value is -0.420. The molecule has 0 spiro atoms. The third kappa shape index (κ3) is 3.78. The first-order valence-electron chi connectivity index (χ1n) is 6.85. The van der Waals surface area contributed by atoms with E-state index in [9.17, 15) is 0 Å². The molecule has 2 rings (SSSR count). The van der Waals surface area contributed by atoms with Gasteiger partial charge in [0, 0.05) is 30.2 Å². The Morgan fingerprint density at radius 3 is 2.84 bits per heavy atom. The van der Waals surface area contributed by atoms with Gasteiger partial charge in [-0.25, -0.2) is 0 Å². The summed E-state index contributed by atoms with van der Waals surface area (Å²) in [5.74, 6) is 0. The second-order valence-electron chi connectivity index (χ2n) is 5.30. The molecule has 2 atom stereocenters. The van der Waals surface area contributed by atoms with Gasteiger partial charge >= 0.3 is 0 Å². The van der Waals surface area contributed by atoms with Gasteiger partial charge in [-0.2, -0.15) is 0 Å². The van der Waals surface area contributed by atoms with Crippen molar-refractivity contribution in [1.29, 1.82) is 0 Å². The van der Waals surface area contributed by atoms with Crippen LogP contribution in [0.5, 0.6) is 0 Å². The zero-order valence-corrected chi connectivity index (χ0v) is 13.5. The summed E-state index contributed by atoms with van der Waals surface area (Å²) in [7, 11) is 4.15. The minimum Gasteiger partial charge on any atom is -0.377 e. The highest BCUT2D eigenvalue weighted by Gasteiger charge is 2.27. The molecule has 1 fully saturated rings. The van der Waals surface area contributed by atoms with Gasteiger partial charge in [0.05, 0.1) is 6.10 Å². The van der Waals surface area contributed by atoms with Gasteiger partial charge in [-0.3, -0.25) is 4.90 Å². The molecule has 2 unspecified atom stereocenters. The molecule has 1 aliphatic heterocycles. The van der Waals surface area contributed by atoms with Gasteiger partial charge in [0.2, 0.25) is 0 Å². The van der Waals surface area contributed by atoms with Crippen molar-refractivity contribution in [2.24, 2.45) is 0 Å². The summed E-state index contributed by atoms with van der Waals surface area (Å²) in [6.07, 6.45) is 1.47. The summed E-state index contributed by atoms with van der Waals surface area (Å²) >= 11 is 3.68. The molecular formula is C15H23BrN2O. The first kappa shape index (κ1) is 15.0. The van der Waals surface area contributed by atoms with Crippen molar-refractivity contribution in [3.8, 4) is 0 Å². The quantitative estimate of drug-likeness (QED) is 0.900. The Kier molecular flexibility index (Phi) is 5.39. The van der Waals surface area contributed by atoms with Crippen molar-refractivity contribution < 1.29 is 4.74 Å². The number of benzene rings is 1. The number of nitrogens with one attached hydrogen (secondary N) is 1. The van der Waals surface area contributed by atoms with Gasteiger partial charge in [-0.05, 0) is 44.6 Å². The molecule has 1 aliphatic rings. The number of ether oxygens (including phenoxy) is 1. The van der Waals surface area contributed by atoms with Gasteiger partial charge in [-0.1, -0.05) is 28.1 Å². The average molecular weight is 327 g/mol. The average Bonchev–Trinajstić information content (AvgIpc) is 2.79. The lowest BCUT2D eigenvalue weighted by molar-refractivity contribution is 0.0814. The van der Waals surface area contributed by atoms with Crippen LogP contribution in [0, 0.1) is 0 Å². The van der Waals surface area contributed by atoms with Crippen LogP contribution in [0.2, 0.25) is 0 Å². The largest absolute Gasteiger partial charge is 0.377 e. The number of hydrogen-bond acceptors (Lipinski definition) is 3. The van der Waals surface area contributed by atoms with Crippen LogP contribution >= 0.6 is 15.9 Å². The van der Waals surface area contributed by atoms with Crippen molar-refractivity contribution in [3.63, 3.8) is 0 Å². The molecule has 0 saturated carbocycles. The molecule has 0 amide bonds. The van der Waals surface area contributed by atoms with Crippen LogP contribution in [-0.2, 0) is 17.8 Å². The molecule has 19 heavy (non-hydrogen) atoms. The third-order valence-corrected chi connectivity index (χ3v) is 4.56. The van der Waals surface area contributed by atoms with Crippen LogP contribution in [0.25, 0.3) is 0 Å². The van der Waals surface area contributed by atoms with Gasteiger partial charge in [-0.15, -0.1) is 0 Å². The van der Waals surface area contributed by atoms with Crippen molar-refractivity contribution >= 4 is 15.9 Å². The maximum Gasteiger partial charge on any atom is 0.0703 e. The molecular weight excluding hydrogens is 304 g/mol. The third-order valence-electron chi connectivity index (χ3n) is 3.82. The summed E-state index contributed by atoms with van der Waals surface area (Å²) in [4.78, 5) is 2.40. The Labute approximate surface area is 124 Å². The first-order valence-corrected chi connectivity index (χ1v) is 7.65. The molecule has 0 radical (unpaired) electrons. The lowest BCUT2D eigenvalue weighted by Crippen LogP contribution is -2.36. The molecule has 1 aromatic carbocycles. The predicted octanol–water partition coefficient (Wildman–Crippen LogP) is 2.78. The summed E-state index contributed by atoms with van der Waals surface area (Å²) < 4.78 is 6.84. The predicted molar refractivity (Wildman–Crippen MR) is 82.2 cm³/mol. The summed E-state index contributed by atoms with van der Waals surface area (Å²) in [5.41, 5.74) is 2.64. The van der Waals surface area contributed by atoms with Gasteiger partial charge in [0.15, 0.2) is 0 Å². The fourth-order valence-electron chi connectivity index (χ4n) is 2.72. The van der Waals surface area contributed by atoms with Gasteiger partial charge in [0.25, 0.3) is 0 Å². The lowest BCUT2D eigenvalue weighted by Gasteiger charge is -2.27. The first-order chi connectivity index (χ1) is 9.11. The van der Waals surface area contributed by atoms with E-state index < -0.39 is 0 Å². The topological polar surface area (TPSA) is 24.5 Å². The minimum absolute atomic E-state index is 0.340. The smallest absolute Gasteiger partial charge is 0.0703 e. The van der Waals surface area contributed by atoms with Crippen LogP contribution in [0.15, 0.2) is 22.7 Å². The Morgan fingerprint density at radius 2 is 2.26 bits per heavy atom. The molecule has 0 bridgehead atoms. The van der Waals surface area contributed by atoms with Crippen molar-refractivity contribution in [2.75, 3.05) is 20.7 Å². The van der Waals surface area contributed by atoms with Crippen LogP contribution in [0.1, 0.15) is 24.5 Å². The molecule has 3 nitrogen and oxygen atoms in total.